The van der Waals surface area contributed by atoms with Crippen LogP contribution >= 0.6 is 0 Å². The summed E-state index contributed by atoms with van der Waals surface area (Å²) >= 11 is 0. The van der Waals surface area contributed by atoms with Gasteiger partial charge >= 0.3 is 0 Å². The Labute approximate surface area is 188 Å². The lowest BCUT2D eigenvalue weighted by Gasteiger charge is -2.46. The van der Waals surface area contributed by atoms with Gasteiger partial charge in [0.2, 0.25) is 0 Å². The van der Waals surface area contributed by atoms with Gasteiger partial charge in [0.25, 0.3) is 5.91 Å². The van der Waals surface area contributed by atoms with E-state index in [9.17, 15) is 4.79 Å². The summed E-state index contributed by atoms with van der Waals surface area (Å²) in [7, 11) is 2.15. The largest absolute Gasteiger partial charge is 0.487 e. The molecule has 1 aromatic carbocycles. The maximum atomic E-state index is 13.5. The predicted molar refractivity (Wildman–Crippen MR) is 121 cm³/mol. The molecule has 3 aromatic rings. The molecule has 1 fully saturated rings. The van der Waals surface area contributed by atoms with Crippen molar-refractivity contribution in [3.63, 3.8) is 0 Å². The van der Waals surface area contributed by atoms with Crippen molar-refractivity contribution in [2.75, 3.05) is 20.1 Å². The minimum atomic E-state index is -0.228. The van der Waals surface area contributed by atoms with E-state index >= 15 is 0 Å². The number of likely N-dealkylation sites (tertiary alicyclic amines) is 1. The fraction of sp³-hybridized carbons (Fsp3) is 0.440. The number of amides is 1. The zero-order valence-corrected chi connectivity index (χ0v) is 19.1. The van der Waals surface area contributed by atoms with Crippen LogP contribution in [0.4, 0.5) is 0 Å². The van der Waals surface area contributed by atoms with E-state index in [0.717, 1.165) is 60.8 Å². The van der Waals surface area contributed by atoms with Crippen molar-refractivity contribution in [3.8, 4) is 11.6 Å². The Kier molecular flexibility index (Phi) is 5.08. The summed E-state index contributed by atoms with van der Waals surface area (Å²) in [6, 6.07) is 11.8. The fourth-order valence-electron chi connectivity index (χ4n) is 5.12. The lowest BCUT2D eigenvalue weighted by atomic mass is 9.80. The van der Waals surface area contributed by atoms with Gasteiger partial charge in [0, 0.05) is 42.5 Å². The second-order valence-electron chi connectivity index (χ2n) is 9.27. The summed E-state index contributed by atoms with van der Waals surface area (Å²) in [4.78, 5) is 15.8. The van der Waals surface area contributed by atoms with E-state index < -0.39 is 0 Å². The Bertz CT molecular complexity index is 1150. The van der Waals surface area contributed by atoms with E-state index in [2.05, 4.69) is 28.5 Å². The van der Waals surface area contributed by atoms with E-state index in [1.165, 1.54) is 0 Å². The second kappa shape index (κ2) is 7.81. The number of ether oxygens (including phenoxy) is 1. The first-order chi connectivity index (χ1) is 15.3. The standard InChI is InChI=1S/C25H30N4O3/c1-16-13-20(18(3)29(16)23-14-17(2)32-27-23)24(30)26-21-15-25(9-11-28(4)12-10-25)31-22-8-6-5-7-19(21)22/h5-8,13-14,21H,9-12,15H2,1-4H3,(H,26,30). The molecule has 168 valence electrons. The molecule has 2 aliphatic heterocycles. The Hall–Kier alpha value is -3.06. The average molecular weight is 435 g/mol. The van der Waals surface area contributed by atoms with Crippen LogP contribution in [-0.2, 0) is 0 Å². The van der Waals surface area contributed by atoms with Gasteiger partial charge in [0.1, 0.15) is 17.1 Å². The molecular formula is C25H30N4O3. The molecule has 0 aliphatic carbocycles. The van der Waals surface area contributed by atoms with Gasteiger partial charge in [0.15, 0.2) is 5.82 Å². The quantitative estimate of drug-likeness (QED) is 0.672. The summed E-state index contributed by atoms with van der Waals surface area (Å²) in [5.74, 6) is 2.24. The molecule has 1 unspecified atom stereocenters. The van der Waals surface area contributed by atoms with Crippen LogP contribution in [0.2, 0.25) is 0 Å². The number of fused-ring (bicyclic) bond motifs is 1. The average Bonchev–Trinajstić information content (AvgIpc) is 3.32. The molecular weight excluding hydrogens is 404 g/mol. The number of hydrogen-bond donors (Lipinski definition) is 1. The van der Waals surface area contributed by atoms with Crippen molar-refractivity contribution in [3.05, 3.63) is 64.7 Å². The van der Waals surface area contributed by atoms with E-state index in [0.29, 0.717) is 11.4 Å². The molecule has 5 rings (SSSR count). The molecule has 1 spiro atoms. The second-order valence-corrected chi connectivity index (χ2v) is 9.27. The number of rotatable bonds is 3. The maximum absolute atomic E-state index is 13.5. The highest BCUT2D eigenvalue weighted by molar-refractivity contribution is 5.96. The van der Waals surface area contributed by atoms with E-state index in [1.54, 1.807) is 0 Å². The van der Waals surface area contributed by atoms with Gasteiger partial charge in [-0.05, 0) is 52.8 Å². The van der Waals surface area contributed by atoms with E-state index in [4.69, 9.17) is 9.26 Å². The number of carbonyl (C=O) groups is 1. The van der Waals surface area contributed by atoms with Crippen molar-refractivity contribution in [2.45, 2.75) is 51.7 Å². The number of piperidine rings is 1. The summed E-state index contributed by atoms with van der Waals surface area (Å²) in [6.07, 6.45) is 2.71. The van der Waals surface area contributed by atoms with Crippen LogP contribution in [0, 0.1) is 20.8 Å². The van der Waals surface area contributed by atoms with Crippen LogP contribution in [-0.4, -0.2) is 46.3 Å². The highest BCUT2D eigenvalue weighted by Gasteiger charge is 2.43. The number of nitrogens with zero attached hydrogens (tertiary/aromatic N) is 3. The van der Waals surface area contributed by atoms with Crippen molar-refractivity contribution in [2.24, 2.45) is 0 Å². The smallest absolute Gasteiger partial charge is 0.253 e. The molecule has 0 saturated carbocycles. The Balaban J connectivity index is 1.44. The van der Waals surface area contributed by atoms with Gasteiger partial charge in [-0.2, -0.15) is 0 Å². The van der Waals surface area contributed by atoms with Crippen molar-refractivity contribution in [1.29, 1.82) is 0 Å². The molecule has 32 heavy (non-hydrogen) atoms. The Morgan fingerprint density at radius 3 is 2.62 bits per heavy atom. The predicted octanol–water partition coefficient (Wildman–Crippen LogP) is 4.11. The van der Waals surface area contributed by atoms with Crippen LogP contribution in [0.25, 0.3) is 5.82 Å². The van der Waals surface area contributed by atoms with Gasteiger partial charge in [-0.25, -0.2) is 0 Å². The van der Waals surface area contributed by atoms with Crippen molar-refractivity contribution >= 4 is 5.91 Å². The first-order valence-electron chi connectivity index (χ1n) is 11.3. The van der Waals surface area contributed by atoms with Gasteiger partial charge < -0.3 is 19.5 Å². The third kappa shape index (κ3) is 3.60. The fourth-order valence-corrected chi connectivity index (χ4v) is 5.12. The molecule has 4 heterocycles. The third-order valence-electron chi connectivity index (χ3n) is 6.92. The summed E-state index contributed by atoms with van der Waals surface area (Å²) in [5, 5.41) is 7.45. The zero-order valence-electron chi connectivity index (χ0n) is 19.1. The molecule has 2 aliphatic rings. The van der Waals surface area contributed by atoms with Crippen LogP contribution in [0.1, 0.15) is 58.4 Å². The number of hydrogen-bond acceptors (Lipinski definition) is 5. The zero-order chi connectivity index (χ0) is 22.5. The number of benzene rings is 1. The third-order valence-corrected chi connectivity index (χ3v) is 6.92. The first-order valence-corrected chi connectivity index (χ1v) is 11.3. The summed E-state index contributed by atoms with van der Waals surface area (Å²) < 4.78 is 13.7. The van der Waals surface area contributed by atoms with Crippen molar-refractivity contribution < 1.29 is 14.1 Å². The monoisotopic (exact) mass is 434 g/mol. The minimum absolute atomic E-state index is 0.0747. The van der Waals surface area contributed by atoms with Crippen molar-refractivity contribution in [1.82, 2.24) is 19.9 Å². The van der Waals surface area contributed by atoms with Crippen LogP contribution < -0.4 is 10.1 Å². The number of nitrogens with one attached hydrogen (secondary N) is 1. The van der Waals surface area contributed by atoms with Crippen LogP contribution in [0.15, 0.2) is 40.9 Å². The normalized spacial score (nSPS) is 20.1. The number of aryl methyl sites for hydroxylation is 2. The number of para-hydroxylation sites is 1. The summed E-state index contributed by atoms with van der Waals surface area (Å²) in [5.41, 5.74) is 3.27. The van der Waals surface area contributed by atoms with Crippen LogP contribution in [0.3, 0.4) is 0 Å². The maximum Gasteiger partial charge on any atom is 0.253 e. The molecule has 1 atom stereocenters. The van der Waals surface area contributed by atoms with Gasteiger partial charge in [-0.1, -0.05) is 23.4 Å². The van der Waals surface area contributed by atoms with Gasteiger partial charge in [-0.15, -0.1) is 0 Å². The Morgan fingerprint density at radius 2 is 1.91 bits per heavy atom. The van der Waals surface area contributed by atoms with E-state index in [1.807, 2.05) is 55.7 Å². The van der Waals surface area contributed by atoms with E-state index in [-0.39, 0.29) is 17.6 Å². The lowest BCUT2D eigenvalue weighted by Crippen LogP contribution is -2.51. The molecule has 1 amide bonds. The molecule has 1 N–H and O–H groups in total. The van der Waals surface area contributed by atoms with Crippen LogP contribution in [0.5, 0.6) is 5.75 Å². The topological polar surface area (TPSA) is 72.5 Å². The molecule has 1 saturated heterocycles. The minimum Gasteiger partial charge on any atom is -0.487 e. The Morgan fingerprint density at radius 1 is 1.16 bits per heavy atom. The molecule has 2 aromatic heterocycles. The number of aromatic nitrogens is 2. The van der Waals surface area contributed by atoms with Gasteiger partial charge in [-0.3, -0.25) is 9.36 Å². The van der Waals surface area contributed by atoms with Gasteiger partial charge in [0.05, 0.1) is 11.6 Å². The lowest BCUT2D eigenvalue weighted by molar-refractivity contribution is -0.0195. The highest BCUT2D eigenvalue weighted by atomic mass is 16.5. The number of carbonyl (C=O) groups excluding carboxylic acids is 1. The summed E-state index contributed by atoms with van der Waals surface area (Å²) in [6.45, 7) is 7.79. The molecule has 7 heteroatoms. The molecule has 0 bridgehead atoms. The molecule has 7 nitrogen and oxygen atoms in total. The highest BCUT2D eigenvalue weighted by Crippen LogP contribution is 2.44. The first kappa shape index (κ1) is 20.8. The SMILES string of the molecule is Cc1cc(-n2c(C)cc(C(=O)NC3CC4(CCN(C)CC4)Oc4ccccc43)c2C)no1. The molecule has 0 radical (unpaired) electrons.